The molecule has 0 amide bonds. The fourth-order valence-electron chi connectivity index (χ4n) is 3.40. The van der Waals surface area contributed by atoms with Gasteiger partial charge in [0.05, 0.1) is 12.1 Å². The summed E-state index contributed by atoms with van der Waals surface area (Å²) in [6.45, 7) is -1.91. The number of alkyl halides is 9. The van der Waals surface area contributed by atoms with Crippen LogP contribution >= 0.6 is 11.8 Å². The summed E-state index contributed by atoms with van der Waals surface area (Å²) in [6, 6.07) is 12.3. The minimum absolute atomic E-state index is 0.0106. The molecule has 39 heavy (non-hydrogen) atoms. The highest BCUT2D eigenvalue weighted by Gasteiger charge is 2.39. The van der Waals surface area contributed by atoms with Gasteiger partial charge < -0.3 is 14.7 Å². The van der Waals surface area contributed by atoms with E-state index in [1.807, 2.05) is 0 Å². The van der Waals surface area contributed by atoms with Crippen molar-refractivity contribution in [1.82, 2.24) is 0 Å². The van der Waals surface area contributed by atoms with Gasteiger partial charge in [0.1, 0.15) is 18.2 Å². The van der Waals surface area contributed by atoms with Gasteiger partial charge in [0.15, 0.2) is 6.10 Å². The van der Waals surface area contributed by atoms with Crippen LogP contribution in [0.4, 0.5) is 49.6 Å². The monoisotopic (exact) mass is 587 g/mol. The minimum Gasteiger partial charge on any atom is -0.489 e. The van der Waals surface area contributed by atoms with Crippen LogP contribution in [0.2, 0.25) is 0 Å². The summed E-state index contributed by atoms with van der Waals surface area (Å²) in [5, 5.41) is 9.62. The average molecular weight is 587 g/mol. The van der Waals surface area contributed by atoms with Crippen LogP contribution in [0, 0.1) is 5.82 Å². The molecule has 0 saturated carbocycles. The molecule has 0 aliphatic carbocycles. The Bertz CT molecular complexity index is 1260. The zero-order valence-corrected chi connectivity index (χ0v) is 20.4. The molecule has 0 aliphatic heterocycles. The Morgan fingerprint density at radius 2 is 1.54 bits per heavy atom. The van der Waals surface area contributed by atoms with Crippen LogP contribution in [0.1, 0.15) is 16.7 Å². The third kappa shape index (κ3) is 9.24. The number of hydrogen-bond donors (Lipinski definition) is 1. The van der Waals surface area contributed by atoms with E-state index < -0.39 is 48.4 Å². The molecular weight excluding hydrogens is 568 g/mol. The summed E-state index contributed by atoms with van der Waals surface area (Å²) < 4.78 is 136. The molecule has 0 radical (unpaired) electrons. The Hall–Kier alpha value is -3.13. The highest BCUT2D eigenvalue weighted by molar-refractivity contribution is 8.00. The summed E-state index contributed by atoms with van der Waals surface area (Å²) in [5.41, 5.74) is -5.76. The zero-order chi connectivity index (χ0) is 29.0. The normalized spacial score (nSPS) is 13.3. The van der Waals surface area contributed by atoms with Crippen LogP contribution in [-0.2, 0) is 19.3 Å². The molecule has 1 atom stereocenters. The summed E-state index contributed by atoms with van der Waals surface area (Å²) in [4.78, 5) is 0.834. The lowest BCUT2D eigenvalue weighted by Gasteiger charge is -2.29. The quantitative estimate of drug-likeness (QED) is 0.203. The smallest absolute Gasteiger partial charge is 0.446 e. The van der Waals surface area contributed by atoms with E-state index in [2.05, 4.69) is 0 Å². The van der Waals surface area contributed by atoms with Crippen molar-refractivity contribution in [3.05, 3.63) is 89.2 Å². The molecule has 0 spiro atoms. The van der Waals surface area contributed by atoms with Gasteiger partial charge in [0, 0.05) is 28.8 Å². The Morgan fingerprint density at radius 3 is 2.15 bits per heavy atom. The summed E-state index contributed by atoms with van der Waals surface area (Å²) in [5.74, 6) is -1.22. The van der Waals surface area contributed by atoms with Gasteiger partial charge >= 0.3 is 17.9 Å². The molecule has 0 unspecified atom stereocenters. The lowest BCUT2D eigenvalue weighted by Crippen LogP contribution is -2.41. The standard InChI is InChI=1S/C25H19F10NO2S/c26-21-10-17(23(27,28)29)8-7-16(21)12-36(13-22(37)24(30,31)32)18-4-2-5-19(11-18)38-14-15-3-1-6-20(9-15)39-25(33,34)35/h1-11,22,37H,12-14H2/t22-/m1/s1. The van der Waals surface area contributed by atoms with Crippen molar-refractivity contribution < 1.29 is 53.7 Å². The maximum absolute atomic E-state index is 14.4. The Labute approximate surface area is 220 Å². The minimum atomic E-state index is -5.04. The lowest BCUT2D eigenvalue weighted by atomic mass is 10.1. The van der Waals surface area contributed by atoms with Crippen molar-refractivity contribution >= 4 is 17.4 Å². The fraction of sp³-hybridized carbons (Fsp3) is 0.280. The van der Waals surface area contributed by atoms with Crippen LogP contribution in [-0.4, -0.2) is 29.4 Å². The van der Waals surface area contributed by atoms with Gasteiger partial charge in [0.25, 0.3) is 0 Å². The van der Waals surface area contributed by atoms with Crippen LogP contribution < -0.4 is 9.64 Å². The molecule has 0 heterocycles. The summed E-state index contributed by atoms with van der Waals surface area (Å²) in [6.07, 6.45) is -12.7. The highest BCUT2D eigenvalue weighted by Crippen LogP contribution is 2.37. The second kappa shape index (κ2) is 11.9. The molecule has 0 aliphatic rings. The number of nitrogens with zero attached hydrogens (tertiary/aromatic N) is 1. The zero-order valence-electron chi connectivity index (χ0n) is 19.5. The molecule has 212 valence electrons. The first-order chi connectivity index (χ1) is 18.0. The second-order valence-corrected chi connectivity index (χ2v) is 9.36. The Balaban J connectivity index is 1.83. The van der Waals surface area contributed by atoms with Crippen LogP contribution in [0.3, 0.4) is 0 Å². The second-order valence-electron chi connectivity index (χ2n) is 8.22. The van der Waals surface area contributed by atoms with E-state index in [0.717, 1.165) is 11.0 Å². The molecule has 0 aromatic heterocycles. The fourth-order valence-corrected chi connectivity index (χ4v) is 4.02. The van der Waals surface area contributed by atoms with Gasteiger partial charge in [-0.3, -0.25) is 0 Å². The topological polar surface area (TPSA) is 32.7 Å². The third-order valence-corrected chi connectivity index (χ3v) is 5.95. The number of anilines is 1. The van der Waals surface area contributed by atoms with Gasteiger partial charge in [-0.25, -0.2) is 4.39 Å². The van der Waals surface area contributed by atoms with Gasteiger partial charge in [0.2, 0.25) is 0 Å². The number of ether oxygens (including phenoxy) is 1. The molecule has 0 bridgehead atoms. The van der Waals surface area contributed by atoms with Gasteiger partial charge in [-0.05, 0) is 53.7 Å². The van der Waals surface area contributed by atoms with Crippen molar-refractivity contribution in [1.29, 1.82) is 0 Å². The van der Waals surface area contributed by atoms with Gasteiger partial charge in [-0.2, -0.15) is 39.5 Å². The number of aliphatic hydroxyl groups excluding tert-OH is 1. The molecule has 1 N–H and O–H groups in total. The highest BCUT2D eigenvalue weighted by atomic mass is 32.2. The van der Waals surface area contributed by atoms with E-state index in [0.29, 0.717) is 11.6 Å². The molecule has 0 saturated heterocycles. The first-order valence-corrected chi connectivity index (χ1v) is 11.8. The first kappa shape index (κ1) is 30.4. The number of hydrogen-bond acceptors (Lipinski definition) is 4. The molecule has 0 fully saturated rings. The lowest BCUT2D eigenvalue weighted by molar-refractivity contribution is -0.200. The van der Waals surface area contributed by atoms with Gasteiger partial charge in [-0.15, -0.1) is 0 Å². The van der Waals surface area contributed by atoms with E-state index >= 15 is 0 Å². The van der Waals surface area contributed by atoms with E-state index in [4.69, 9.17) is 4.74 Å². The number of benzene rings is 3. The Morgan fingerprint density at radius 1 is 0.846 bits per heavy atom. The van der Waals surface area contributed by atoms with Crippen molar-refractivity contribution in [2.75, 3.05) is 11.4 Å². The third-order valence-electron chi connectivity index (χ3n) is 5.23. The SMILES string of the molecule is O[C@H](CN(Cc1ccc(C(F)(F)F)cc1F)c1cccc(OCc2cccc(SC(F)(F)F)c2)c1)C(F)(F)F. The predicted molar refractivity (Wildman–Crippen MR) is 124 cm³/mol. The van der Waals surface area contributed by atoms with Crippen molar-refractivity contribution in [3.63, 3.8) is 0 Å². The van der Waals surface area contributed by atoms with Crippen LogP contribution in [0.5, 0.6) is 5.75 Å². The number of thioether (sulfide) groups is 1. The first-order valence-electron chi connectivity index (χ1n) is 10.9. The number of halogens is 10. The maximum atomic E-state index is 14.4. The van der Waals surface area contributed by atoms with Crippen molar-refractivity contribution in [2.45, 2.75) is 42.0 Å². The maximum Gasteiger partial charge on any atom is 0.446 e. The van der Waals surface area contributed by atoms with Gasteiger partial charge in [-0.1, -0.05) is 24.3 Å². The number of aliphatic hydroxyl groups is 1. The van der Waals surface area contributed by atoms with Crippen molar-refractivity contribution in [3.8, 4) is 5.75 Å². The largest absolute Gasteiger partial charge is 0.489 e. The van der Waals surface area contributed by atoms with Crippen LogP contribution in [0.15, 0.2) is 71.6 Å². The predicted octanol–water partition coefficient (Wildman–Crippen LogP) is 7.97. The molecule has 3 aromatic rings. The molecule has 3 aromatic carbocycles. The summed E-state index contributed by atoms with van der Waals surface area (Å²) >= 11 is -0.316. The summed E-state index contributed by atoms with van der Waals surface area (Å²) in [7, 11) is 0. The molecule has 3 nitrogen and oxygen atoms in total. The Kier molecular flexibility index (Phi) is 9.31. The molecule has 3 rings (SSSR count). The van der Waals surface area contributed by atoms with Crippen LogP contribution in [0.25, 0.3) is 0 Å². The molecule has 14 heteroatoms. The van der Waals surface area contributed by atoms with E-state index in [9.17, 15) is 49.0 Å². The van der Waals surface area contributed by atoms with Crippen molar-refractivity contribution in [2.24, 2.45) is 0 Å². The van der Waals surface area contributed by atoms with E-state index in [1.54, 1.807) is 0 Å². The van der Waals surface area contributed by atoms with E-state index in [1.165, 1.54) is 48.5 Å². The van der Waals surface area contributed by atoms with E-state index in [-0.39, 0.29) is 46.3 Å². The number of rotatable bonds is 9. The average Bonchev–Trinajstić information content (AvgIpc) is 2.81. The molecular formula is C25H19F10NO2S.